The first-order valence-corrected chi connectivity index (χ1v) is 10.1. The van der Waals surface area contributed by atoms with E-state index in [-0.39, 0.29) is 29.5 Å². The van der Waals surface area contributed by atoms with Crippen LogP contribution < -0.4 is 10.1 Å². The first kappa shape index (κ1) is 20.3. The van der Waals surface area contributed by atoms with Gasteiger partial charge in [0, 0.05) is 5.75 Å². The second kappa shape index (κ2) is 7.87. The van der Waals surface area contributed by atoms with Gasteiger partial charge in [-0.05, 0) is 45.4 Å². The van der Waals surface area contributed by atoms with E-state index in [2.05, 4.69) is 5.32 Å². The number of fused-ring (bicyclic) bond motifs is 1. The van der Waals surface area contributed by atoms with Crippen LogP contribution in [0.25, 0.3) is 0 Å². The Hall–Kier alpha value is -2.48. The third-order valence-electron chi connectivity index (χ3n) is 4.18. The monoisotopic (exact) mass is 404 g/mol. The zero-order valence-electron chi connectivity index (χ0n) is 16.4. The van der Waals surface area contributed by atoms with E-state index in [4.69, 9.17) is 9.47 Å². The molecule has 0 bridgehead atoms. The topological polar surface area (TPSA) is 84.9 Å². The zero-order valence-corrected chi connectivity index (χ0v) is 17.2. The van der Waals surface area contributed by atoms with Crippen LogP contribution >= 0.6 is 11.8 Å². The molecule has 2 amide bonds. The normalized spacial score (nSPS) is 21.6. The summed E-state index contributed by atoms with van der Waals surface area (Å²) < 4.78 is 10.9. The van der Waals surface area contributed by atoms with Gasteiger partial charge in [-0.15, -0.1) is 11.8 Å². The summed E-state index contributed by atoms with van der Waals surface area (Å²) in [5, 5.41) is 2.39. The summed E-state index contributed by atoms with van der Waals surface area (Å²) in [5.41, 5.74) is 0.427. The molecule has 1 saturated heterocycles. The van der Waals surface area contributed by atoms with Gasteiger partial charge in [0.25, 0.3) is 11.8 Å². The molecule has 8 heteroatoms. The second-order valence-electron chi connectivity index (χ2n) is 7.69. The highest BCUT2D eigenvalue weighted by Gasteiger charge is 2.54. The number of nitrogens with zero attached hydrogens (tertiary/aromatic N) is 1. The molecule has 3 rings (SSSR count). The molecule has 0 aliphatic carbocycles. The lowest BCUT2D eigenvalue weighted by Crippen LogP contribution is -2.71. The minimum absolute atomic E-state index is 0.182. The molecule has 150 valence electrons. The largest absolute Gasteiger partial charge is 0.484 e. The van der Waals surface area contributed by atoms with Crippen molar-refractivity contribution in [3.8, 4) is 5.75 Å². The van der Waals surface area contributed by atoms with Crippen LogP contribution in [0.15, 0.2) is 41.6 Å². The van der Waals surface area contributed by atoms with Crippen molar-refractivity contribution < 1.29 is 23.9 Å². The number of thioether (sulfide) groups is 1. The average Bonchev–Trinajstić information content (AvgIpc) is 2.63. The highest BCUT2D eigenvalue weighted by atomic mass is 32.2. The van der Waals surface area contributed by atoms with E-state index in [9.17, 15) is 14.4 Å². The molecule has 1 aromatic carbocycles. The number of β-lactam (4-membered cyclic amide) rings is 1. The van der Waals surface area contributed by atoms with Crippen molar-refractivity contribution in [3.05, 3.63) is 41.6 Å². The number of carbonyl (C=O) groups excluding carboxylic acids is 3. The van der Waals surface area contributed by atoms with Crippen LogP contribution in [0.3, 0.4) is 0 Å². The maximum Gasteiger partial charge on any atom is 0.355 e. The Balaban J connectivity index is 1.61. The Labute approximate surface area is 168 Å². The van der Waals surface area contributed by atoms with Crippen molar-refractivity contribution in [2.75, 3.05) is 12.4 Å². The quantitative estimate of drug-likeness (QED) is 0.598. The molecular formula is C20H24N2O5S. The highest BCUT2D eigenvalue weighted by Crippen LogP contribution is 2.40. The van der Waals surface area contributed by atoms with Gasteiger partial charge in [0.2, 0.25) is 0 Å². The van der Waals surface area contributed by atoms with E-state index < -0.39 is 17.6 Å². The molecule has 28 heavy (non-hydrogen) atoms. The molecule has 0 radical (unpaired) electrons. The molecule has 1 N–H and O–H groups in total. The van der Waals surface area contributed by atoms with Crippen molar-refractivity contribution in [2.24, 2.45) is 0 Å². The van der Waals surface area contributed by atoms with Gasteiger partial charge in [-0.3, -0.25) is 14.5 Å². The van der Waals surface area contributed by atoms with Gasteiger partial charge < -0.3 is 14.8 Å². The second-order valence-corrected chi connectivity index (χ2v) is 8.79. The van der Waals surface area contributed by atoms with Gasteiger partial charge in [-0.1, -0.05) is 18.2 Å². The predicted molar refractivity (Wildman–Crippen MR) is 106 cm³/mol. The Kier molecular flexibility index (Phi) is 5.69. The molecule has 2 heterocycles. The van der Waals surface area contributed by atoms with Gasteiger partial charge >= 0.3 is 5.97 Å². The number of hydrogen-bond donors (Lipinski definition) is 1. The fourth-order valence-corrected chi connectivity index (χ4v) is 4.26. The number of para-hydroxylation sites is 1. The number of benzene rings is 1. The predicted octanol–water partition coefficient (Wildman–Crippen LogP) is 2.08. The lowest BCUT2D eigenvalue weighted by atomic mass is 10.0. The molecule has 1 aromatic rings. The van der Waals surface area contributed by atoms with Crippen molar-refractivity contribution in [1.82, 2.24) is 10.2 Å². The SMILES string of the molecule is CC1=C(C(=O)OC(C)(C)C)N2C(=O)C(NC(=O)COc3ccccc3)[C@@H]2SC1. The summed E-state index contributed by atoms with van der Waals surface area (Å²) in [6.07, 6.45) is 0. The van der Waals surface area contributed by atoms with Gasteiger partial charge in [-0.25, -0.2) is 4.79 Å². The lowest BCUT2D eigenvalue weighted by Gasteiger charge is -2.49. The highest BCUT2D eigenvalue weighted by molar-refractivity contribution is 8.00. The summed E-state index contributed by atoms with van der Waals surface area (Å²) in [6, 6.07) is 8.30. The van der Waals surface area contributed by atoms with Gasteiger partial charge in [0.15, 0.2) is 6.61 Å². The van der Waals surface area contributed by atoms with Crippen LogP contribution in [0.1, 0.15) is 27.7 Å². The van der Waals surface area contributed by atoms with E-state index >= 15 is 0 Å². The molecule has 2 aliphatic heterocycles. The molecule has 0 aromatic heterocycles. The molecule has 2 aliphatic rings. The third-order valence-corrected chi connectivity index (χ3v) is 5.60. The minimum atomic E-state index is -0.678. The summed E-state index contributed by atoms with van der Waals surface area (Å²) in [4.78, 5) is 38.8. The molecule has 0 saturated carbocycles. The van der Waals surface area contributed by atoms with E-state index in [1.165, 1.54) is 16.7 Å². The number of nitrogens with one attached hydrogen (secondary N) is 1. The maximum absolute atomic E-state index is 12.6. The average molecular weight is 404 g/mol. The number of ether oxygens (including phenoxy) is 2. The minimum Gasteiger partial charge on any atom is -0.484 e. The Bertz CT molecular complexity index is 816. The Morgan fingerprint density at radius 1 is 1.25 bits per heavy atom. The van der Waals surface area contributed by atoms with E-state index in [0.29, 0.717) is 11.5 Å². The van der Waals surface area contributed by atoms with Crippen molar-refractivity contribution >= 4 is 29.5 Å². The molecule has 1 fully saturated rings. The summed E-state index contributed by atoms with van der Waals surface area (Å²) in [6.45, 7) is 6.98. The number of amides is 2. The van der Waals surface area contributed by atoms with Crippen LogP contribution in [-0.4, -0.2) is 52.1 Å². The molecule has 0 spiro atoms. The Morgan fingerprint density at radius 3 is 2.57 bits per heavy atom. The van der Waals surface area contributed by atoms with Crippen molar-refractivity contribution in [2.45, 2.75) is 44.7 Å². The number of hydrogen-bond acceptors (Lipinski definition) is 6. The number of esters is 1. The lowest BCUT2D eigenvalue weighted by molar-refractivity contribution is -0.159. The summed E-state index contributed by atoms with van der Waals surface area (Å²) in [7, 11) is 0. The van der Waals surface area contributed by atoms with Crippen LogP contribution in [0, 0.1) is 0 Å². The fourth-order valence-electron chi connectivity index (χ4n) is 2.97. The summed E-state index contributed by atoms with van der Waals surface area (Å²) >= 11 is 1.51. The standard InChI is InChI=1S/C20H24N2O5S/c1-12-11-28-18-15(21-14(23)10-26-13-8-6-5-7-9-13)17(24)22(18)16(12)19(25)27-20(2,3)4/h5-9,15,18H,10-11H2,1-4H3,(H,21,23)/t15?,18-/m0/s1. The molecule has 1 unspecified atom stereocenters. The van der Waals surface area contributed by atoms with Crippen LogP contribution in [0.4, 0.5) is 0 Å². The van der Waals surface area contributed by atoms with Gasteiger partial charge in [0.1, 0.15) is 28.5 Å². The van der Waals surface area contributed by atoms with Crippen molar-refractivity contribution in [1.29, 1.82) is 0 Å². The van der Waals surface area contributed by atoms with Crippen LogP contribution in [-0.2, 0) is 19.1 Å². The smallest absolute Gasteiger partial charge is 0.355 e. The van der Waals surface area contributed by atoms with Crippen molar-refractivity contribution in [3.63, 3.8) is 0 Å². The van der Waals surface area contributed by atoms with Gasteiger partial charge in [0.05, 0.1) is 0 Å². The van der Waals surface area contributed by atoms with Crippen LogP contribution in [0.2, 0.25) is 0 Å². The van der Waals surface area contributed by atoms with E-state index in [0.717, 1.165) is 5.57 Å². The fraction of sp³-hybridized carbons (Fsp3) is 0.450. The van der Waals surface area contributed by atoms with E-state index in [1.54, 1.807) is 32.9 Å². The van der Waals surface area contributed by atoms with Gasteiger partial charge in [-0.2, -0.15) is 0 Å². The van der Waals surface area contributed by atoms with Crippen LogP contribution in [0.5, 0.6) is 5.75 Å². The van der Waals surface area contributed by atoms with E-state index in [1.807, 2.05) is 25.1 Å². The molecule has 7 nitrogen and oxygen atoms in total. The maximum atomic E-state index is 12.6. The zero-order chi connectivity index (χ0) is 20.5. The first-order chi connectivity index (χ1) is 13.2. The Morgan fingerprint density at radius 2 is 1.93 bits per heavy atom. The number of rotatable bonds is 5. The number of carbonyl (C=O) groups is 3. The molecule has 2 atom stereocenters. The molecular weight excluding hydrogens is 380 g/mol. The first-order valence-electron chi connectivity index (χ1n) is 9.02. The summed E-state index contributed by atoms with van der Waals surface area (Å²) in [5.74, 6) is -0.0357. The third kappa shape index (κ3) is 4.32.